The Morgan fingerprint density at radius 3 is 2.44 bits per heavy atom. The van der Waals surface area contributed by atoms with E-state index in [0.717, 1.165) is 25.7 Å². The van der Waals surface area contributed by atoms with Gasteiger partial charge in [-0.2, -0.15) is 13.2 Å². The molecule has 3 fully saturated rings. The molecule has 0 radical (unpaired) electrons. The minimum absolute atomic E-state index is 0.0343. The van der Waals surface area contributed by atoms with Gasteiger partial charge in [0.05, 0.1) is 11.3 Å². The second-order valence-electron chi connectivity index (χ2n) is 11.5. The van der Waals surface area contributed by atoms with Gasteiger partial charge in [0.1, 0.15) is 0 Å². The number of amides is 1. The van der Waals surface area contributed by atoms with Crippen molar-refractivity contribution in [2.45, 2.75) is 87.7 Å². The number of carbonyl (C=O) groups is 1. The number of nitrogens with one attached hydrogen (secondary N) is 2. The highest BCUT2D eigenvalue weighted by Gasteiger charge is 2.49. The zero-order valence-electron chi connectivity index (χ0n) is 21.0. The predicted molar refractivity (Wildman–Crippen MR) is 135 cm³/mol. The molecule has 5 nitrogen and oxygen atoms in total. The van der Waals surface area contributed by atoms with E-state index in [4.69, 9.17) is 28.6 Å². The summed E-state index contributed by atoms with van der Waals surface area (Å²) in [6, 6.07) is 0. The third-order valence-electron chi connectivity index (χ3n) is 8.96. The molecule has 1 aromatic rings. The molecule has 4 rings (SSSR count). The average molecular weight is 552 g/mol. The van der Waals surface area contributed by atoms with Gasteiger partial charge in [0.15, 0.2) is 0 Å². The molecule has 1 amide bonds. The van der Waals surface area contributed by atoms with Gasteiger partial charge in [-0.25, -0.2) is 0 Å². The van der Waals surface area contributed by atoms with Crippen LogP contribution in [0.1, 0.15) is 64.2 Å². The molecule has 0 spiro atoms. The summed E-state index contributed by atoms with van der Waals surface area (Å²) in [5.41, 5.74) is 0.356. The van der Waals surface area contributed by atoms with Gasteiger partial charge in [-0.3, -0.25) is 10.2 Å². The van der Waals surface area contributed by atoms with Crippen molar-refractivity contribution >= 4 is 29.1 Å². The molecule has 0 aliphatic heterocycles. The molecule has 0 bridgehead atoms. The number of imidazole rings is 1. The molecule has 10 heteroatoms. The first-order chi connectivity index (χ1) is 17.0. The summed E-state index contributed by atoms with van der Waals surface area (Å²) in [7, 11) is 1.80. The van der Waals surface area contributed by atoms with E-state index < -0.39 is 18.0 Å². The Bertz CT molecular complexity index is 948. The third kappa shape index (κ3) is 6.64. The van der Waals surface area contributed by atoms with E-state index in [1.165, 1.54) is 0 Å². The van der Waals surface area contributed by atoms with E-state index in [9.17, 15) is 18.0 Å². The first-order valence-corrected chi connectivity index (χ1v) is 14.3. The van der Waals surface area contributed by atoms with Gasteiger partial charge in [-0.05, 0) is 75.0 Å². The first-order valence-electron chi connectivity index (χ1n) is 13.4. The van der Waals surface area contributed by atoms with Crippen LogP contribution in [-0.4, -0.2) is 38.5 Å². The van der Waals surface area contributed by atoms with Crippen LogP contribution in [0, 0.1) is 40.9 Å². The Morgan fingerprint density at radius 1 is 1.03 bits per heavy atom. The normalized spacial score (nSPS) is 35.9. The monoisotopic (exact) mass is 550 g/mol. The quantitative estimate of drug-likeness (QED) is 0.429. The van der Waals surface area contributed by atoms with E-state index in [-0.39, 0.29) is 46.8 Å². The Balaban J connectivity index is 1.47. The lowest BCUT2D eigenvalue weighted by molar-refractivity contribution is -0.204. The number of rotatable bonds is 6. The van der Waals surface area contributed by atoms with E-state index in [1.807, 2.05) is 17.0 Å². The largest absolute Gasteiger partial charge is 0.392 e. The standard InChI is InChI=1S/C26H39Cl2F3N4O/c1-34-8-9-35(25(34)32)15-17-10-18(20-4-2-3-5-21(20)26(29,30)31)13-19(11-17)24(36)33-14-16-6-7-22(27)23(28)12-16/h8-9,16-23,32H,2-7,10-15H2,1H3,(H,33,36). The Hall–Kier alpha value is -1.15. The van der Waals surface area contributed by atoms with Crippen LogP contribution in [0.25, 0.3) is 0 Å². The lowest BCUT2D eigenvalue weighted by atomic mass is 9.63. The summed E-state index contributed by atoms with van der Waals surface area (Å²) in [4.78, 5) is 13.3. The number of aromatic nitrogens is 2. The Labute approximate surface area is 221 Å². The Kier molecular flexibility index (Phi) is 9.07. The van der Waals surface area contributed by atoms with Crippen LogP contribution >= 0.6 is 23.2 Å². The summed E-state index contributed by atoms with van der Waals surface area (Å²) >= 11 is 12.6. The summed E-state index contributed by atoms with van der Waals surface area (Å²) in [5, 5.41) is 11.3. The second kappa shape index (κ2) is 11.7. The van der Waals surface area contributed by atoms with Gasteiger partial charge in [0.2, 0.25) is 11.5 Å². The lowest BCUT2D eigenvalue weighted by Gasteiger charge is -2.43. The highest BCUT2D eigenvalue weighted by Crippen LogP contribution is 2.50. The molecule has 3 aliphatic rings. The molecule has 2 N–H and O–H groups in total. The van der Waals surface area contributed by atoms with Crippen LogP contribution in [0.15, 0.2) is 12.4 Å². The van der Waals surface area contributed by atoms with Gasteiger partial charge in [-0.15, -0.1) is 23.2 Å². The third-order valence-corrected chi connectivity index (χ3v) is 10.1. The van der Waals surface area contributed by atoms with Crippen molar-refractivity contribution in [2.24, 2.45) is 42.6 Å². The smallest absolute Gasteiger partial charge is 0.356 e. The second-order valence-corrected chi connectivity index (χ2v) is 12.6. The van der Waals surface area contributed by atoms with Gasteiger partial charge >= 0.3 is 6.18 Å². The van der Waals surface area contributed by atoms with Crippen LogP contribution < -0.4 is 10.9 Å². The molecule has 36 heavy (non-hydrogen) atoms. The number of carbonyl (C=O) groups excluding carboxylic acids is 1. The summed E-state index contributed by atoms with van der Waals surface area (Å²) in [5.74, 6) is -1.85. The zero-order chi connectivity index (χ0) is 26.0. The van der Waals surface area contributed by atoms with Crippen molar-refractivity contribution in [3.8, 4) is 0 Å². The van der Waals surface area contributed by atoms with Gasteiger partial charge in [-0.1, -0.05) is 12.8 Å². The number of aryl methyl sites for hydroxylation is 1. The molecule has 0 aromatic carbocycles. The van der Waals surface area contributed by atoms with Crippen LogP contribution in [0.4, 0.5) is 13.2 Å². The molecule has 1 heterocycles. The summed E-state index contributed by atoms with van der Waals surface area (Å²) in [6.07, 6.45) is 6.01. The maximum Gasteiger partial charge on any atom is 0.392 e. The molecule has 0 saturated heterocycles. The van der Waals surface area contributed by atoms with Crippen molar-refractivity contribution in [1.82, 2.24) is 14.5 Å². The van der Waals surface area contributed by atoms with E-state index in [2.05, 4.69) is 5.32 Å². The molecule has 8 atom stereocenters. The predicted octanol–water partition coefficient (Wildman–Crippen LogP) is 5.84. The number of halogens is 5. The van der Waals surface area contributed by atoms with E-state index in [1.54, 1.807) is 11.6 Å². The highest BCUT2D eigenvalue weighted by molar-refractivity contribution is 6.30. The van der Waals surface area contributed by atoms with Crippen LogP contribution in [-0.2, 0) is 18.4 Å². The number of hydrogen-bond donors (Lipinski definition) is 2. The lowest BCUT2D eigenvalue weighted by Crippen LogP contribution is -2.44. The van der Waals surface area contributed by atoms with E-state index >= 15 is 0 Å². The minimum atomic E-state index is -4.20. The fourth-order valence-electron chi connectivity index (χ4n) is 7.01. The molecule has 204 valence electrons. The molecule has 8 unspecified atom stereocenters. The van der Waals surface area contributed by atoms with Crippen LogP contribution in [0.2, 0.25) is 0 Å². The fraction of sp³-hybridized carbons (Fsp3) is 0.846. The van der Waals surface area contributed by atoms with Gasteiger partial charge < -0.3 is 14.5 Å². The van der Waals surface area contributed by atoms with Gasteiger partial charge in [0.25, 0.3) is 0 Å². The fourth-order valence-corrected chi connectivity index (χ4v) is 7.62. The number of nitrogens with zero attached hydrogens (tertiary/aromatic N) is 2. The van der Waals surface area contributed by atoms with Gasteiger partial charge in [0, 0.05) is 43.8 Å². The number of alkyl halides is 5. The van der Waals surface area contributed by atoms with E-state index in [0.29, 0.717) is 50.8 Å². The van der Waals surface area contributed by atoms with Crippen LogP contribution in [0.5, 0.6) is 0 Å². The summed E-state index contributed by atoms with van der Waals surface area (Å²) < 4.78 is 45.4. The maximum atomic E-state index is 14.0. The molecule has 3 saturated carbocycles. The summed E-state index contributed by atoms with van der Waals surface area (Å²) in [6.45, 7) is 1.09. The van der Waals surface area contributed by atoms with Crippen molar-refractivity contribution in [2.75, 3.05) is 6.54 Å². The van der Waals surface area contributed by atoms with Crippen molar-refractivity contribution in [3.05, 3.63) is 18.0 Å². The topological polar surface area (TPSA) is 62.8 Å². The Morgan fingerprint density at radius 2 is 1.78 bits per heavy atom. The maximum absolute atomic E-state index is 14.0. The zero-order valence-corrected chi connectivity index (χ0v) is 22.5. The first kappa shape index (κ1) is 27.9. The molecular formula is C26H39Cl2F3N4O. The molecule has 1 aromatic heterocycles. The highest BCUT2D eigenvalue weighted by atomic mass is 35.5. The molecular weight excluding hydrogens is 512 g/mol. The van der Waals surface area contributed by atoms with Crippen LogP contribution in [0.3, 0.4) is 0 Å². The molecule has 3 aliphatic carbocycles. The van der Waals surface area contributed by atoms with Crippen molar-refractivity contribution in [1.29, 1.82) is 5.41 Å². The SMILES string of the molecule is Cn1ccn(CC2CC(C(=O)NCC3CCC(Cl)C(Cl)C3)CC(C3CCCCC3C(F)(F)F)C2)c1=N. The van der Waals surface area contributed by atoms with Crippen molar-refractivity contribution in [3.63, 3.8) is 0 Å². The minimum Gasteiger partial charge on any atom is -0.356 e. The number of hydrogen-bond acceptors (Lipinski definition) is 2. The average Bonchev–Trinajstić information content (AvgIpc) is 3.16. The van der Waals surface area contributed by atoms with Crippen molar-refractivity contribution < 1.29 is 18.0 Å².